The summed E-state index contributed by atoms with van der Waals surface area (Å²) in [7, 11) is 0. The van der Waals surface area contributed by atoms with Crippen LogP contribution in [0.5, 0.6) is 0 Å². The maximum Gasteiger partial charge on any atom is 0.202 e. The highest BCUT2D eigenvalue weighted by Crippen LogP contribution is 2.06. The van der Waals surface area contributed by atoms with E-state index in [1.165, 1.54) is 6.20 Å². The van der Waals surface area contributed by atoms with Gasteiger partial charge in [0.05, 0.1) is 6.20 Å². The summed E-state index contributed by atoms with van der Waals surface area (Å²) in [5.74, 6) is 0.437. The van der Waals surface area contributed by atoms with Crippen LogP contribution in [-0.2, 0) is 0 Å². The Morgan fingerprint density at radius 3 is 3.00 bits per heavy atom. The van der Waals surface area contributed by atoms with Crippen LogP contribution in [-0.4, -0.2) is 10.9 Å². The number of carbonyl (C=O) groups is 1. The Bertz CT molecular complexity index is 229. The third-order valence-corrected chi connectivity index (χ3v) is 1.72. The summed E-state index contributed by atoms with van der Waals surface area (Å²) in [6, 6.07) is 1.61. The number of hydrogen-bond donors (Lipinski definition) is 0. The second kappa shape index (κ2) is 4.70. The smallest absolute Gasteiger partial charge is 0.202 e. The highest BCUT2D eigenvalue weighted by atomic mass is 16.5. The van der Waals surface area contributed by atoms with Crippen LogP contribution in [0, 0.1) is 0 Å². The van der Waals surface area contributed by atoms with E-state index in [0.29, 0.717) is 12.2 Å². The molecule has 3 heteroatoms. The van der Waals surface area contributed by atoms with Gasteiger partial charge in [0.25, 0.3) is 0 Å². The molecule has 3 nitrogen and oxygen atoms in total. The molecule has 0 saturated carbocycles. The van der Waals surface area contributed by atoms with Crippen molar-refractivity contribution in [1.29, 1.82) is 0 Å². The van der Waals surface area contributed by atoms with E-state index in [2.05, 4.69) is 12.1 Å². The molecule has 1 aromatic rings. The number of hydrogen-bond acceptors (Lipinski definition) is 3. The fourth-order valence-corrected chi connectivity index (χ4v) is 1.02. The van der Waals surface area contributed by atoms with Crippen molar-refractivity contribution in [2.45, 2.75) is 32.6 Å². The molecule has 0 fully saturated rings. The molecule has 0 saturated heterocycles. The number of nitrogens with zero attached hydrogens (tertiary/aromatic N) is 1. The van der Waals surface area contributed by atoms with Gasteiger partial charge in [-0.15, -0.1) is 0 Å². The highest BCUT2D eigenvalue weighted by Gasteiger charge is 2.07. The number of Topliss-reactive ketones (excluding diaryl/α,β-unsaturated/α-hetero) is 1. The van der Waals surface area contributed by atoms with E-state index in [-0.39, 0.29) is 5.78 Å². The lowest BCUT2D eigenvalue weighted by molar-refractivity contribution is 0.0943. The maximum absolute atomic E-state index is 11.2. The highest BCUT2D eigenvalue weighted by molar-refractivity contribution is 5.93. The molecule has 0 bridgehead atoms. The first kappa shape index (κ1) is 8.97. The van der Waals surface area contributed by atoms with Gasteiger partial charge >= 0.3 is 0 Å². The minimum atomic E-state index is 0.0564. The van der Waals surface area contributed by atoms with Crippen LogP contribution in [0.1, 0.15) is 43.2 Å². The lowest BCUT2D eigenvalue weighted by Gasteiger charge is -1.94. The van der Waals surface area contributed by atoms with E-state index in [4.69, 9.17) is 4.52 Å². The predicted octanol–water partition coefficient (Wildman–Crippen LogP) is 2.44. The number of rotatable bonds is 5. The molecule has 0 aliphatic heterocycles. The predicted molar refractivity (Wildman–Crippen MR) is 45.0 cm³/mol. The Labute approximate surface area is 71.7 Å². The summed E-state index contributed by atoms with van der Waals surface area (Å²) in [6.07, 6.45) is 5.23. The van der Waals surface area contributed by atoms with Crippen molar-refractivity contribution in [3.8, 4) is 0 Å². The van der Waals surface area contributed by atoms with Gasteiger partial charge in [0.15, 0.2) is 0 Å². The lowest BCUT2D eigenvalue weighted by atomic mass is 10.1. The SMILES string of the molecule is CCCCCC(=O)c1ccno1. The Kier molecular flexibility index (Phi) is 3.51. The Balaban J connectivity index is 2.30. The van der Waals surface area contributed by atoms with Crippen LogP contribution >= 0.6 is 0 Å². The largest absolute Gasteiger partial charge is 0.353 e. The molecule has 0 aliphatic rings. The molecule has 0 aromatic carbocycles. The molecule has 0 N–H and O–H groups in total. The molecule has 1 heterocycles. The van der Waals surface area contributed by atoms with Crippen molar-refractivity contribution in [3.05, 3.63) is 18.0 Å². The average Bonchev–Trinajstić information content (AvgIpc) is 2.56. The van der Waals surface area contributed by atoms with Gasteiger partial charge in [0, 0.05) is 12.5 Å². The molecule has 1 aromatic heterocycles. The summed E-state index contributed by atoms with van der Waals surface area (Å²) in [6.45, 7) is 2.11. The molecule has 0 amide bonds. The van der Waals surface area contributed by atoms with E-state index in [0.717, 1.165) is 19.3 Å². The minimum Gasteiger partial charge on any atom is -0.353 e. The fraction of sp³-hybridized carbons (Fsp3) is 0.556. The zero-order valence-corrected chi connectivity index (χ0v) is 7.25. The topological polar surface area (TPSA) is 43.1 Å². The lowest BCUT2D eigenvalue weighted by Crippen LogP contribution is -1.96. The van der Waals surface area contributed by atoms with Crippen molar-refractivity contribution in [3.63, 3.8) is 0 Å². The molecule has 0 radical (unpaired) electrons. The van der Waals surface area contributed by atoms with Crippen LogP contribution < -0.4 is 0 Å². The van der Waals surface area contributed by atoms with Gasteiger partial charge in [-0.2, -0.15) is 0 Å². The third-order valence-electron chi connectivity index (χ3n) is 1.72. The average molecular weight is 167 g/mol. The second-order valence-corrected chi connectivity index (χ2v) is 2.76. The molecular formula is C9H13NO2. The first-order valence-corrected chi connectivity index (χ1v) is 4.28. The van der Waals surface area contributed by atoms with Crippen LogP contribution in [0.15, 0.2) is 16.8 Å². The van der Waals surface area contributed by atoms with Gasteiger partial charge < -0.3 is 4.52 Å². The molecule has 0 aliphatic carbocycles. The van der Waals surface area contributed by atoms with Gasteiger partial charge in [-0.3, -0.25) is 4.79 Å². The van der Waals surface area contributed by atoms with Gasteiger partial charge in [-0.05, 0) is 6.42 Å². The summed E-state index contributed by atoms with van der Waals surface area (Å²) >= 11 is 0. The molecule has 66 valence electrons. The molecule has 1 rings (SSSR count). The summed E-state index contributed by atoms with van der Waals surface area (Å²) in [5, 5.41) is 3.48. The van der Waals surface area contributed by atoms with Gasteiger partial charge in [-0.1, -0.05) is 24.9 Å². The number of unbranched alkanes of at least 4 members (excludes halogenated alkanes) is 2. The van der Waals surface area contributed by atoms with E-state index in [1.807, 2.05) is 0 Å². The Morgan fingerprint density at radius 2 is 2.42 bits per heavy atom. The Hall–Kier alpha value is -1.12. The standard InChI is InChI=1S/C9H13NO2/c1-2-3-4-5-8(11)9-6-7-10-12-9/h6-7H,2-5H2,1H3. The minimum absolute atomic E-state index is 0.0564. The zero-order valence-electron chi connectivity index (χ0n) is 7.25. The summed E-state index contributed by atoms with van der Waals surface area (Å²) < 4.78 is 4.73. The molecular weight excluding hydrogens is 154 g/mol. The van der Waals surface area contributed by atoms with Gasteiger partial charge in [0.1, 0.15) is 0 Å². The van der Waals surface area contributed by atoms with Crippen LogP contribution in [0.3, 0.4) is 0 Å². The number of ketones is 1. The third kappa shape index (κ3) is 2.49. The quantitative estimate of drug-likeness (QED) is 0.499. The van der Waals surface area contributed by atoms with Crippen molar-refractivity contribution in [2.24, 2.45) is 0 Å². The van der Waals surface area contributed by atoms with Crippen LogP contribution in [0.2, 0.25) is 0 Å². The molecule has 0 unspecified atom stereocenters. The molecule has 12 heavy (non-hydrogen) atoms. The Morgan fingerprint density at radius 1 is 1.58 bits per heavy atom. The van der Waals surface area contributed by atoms with Crippen molar-refractivity contribution >= 4 is 5.78 Å². The van der Waals surface area contributed by atoms with Crippen molar-refractivity contribution in [2.75, 3.05) is 0 Å². The van der Waals surface area contributed by atoms with Crippen LogP contribution in [0.25, 0.3) is 0 Å². The van der Waals surface area contributed by atoms with Gasteiger partial charge in [0.2, 0.25) is 11.5 Å². The first-order chi connectivity index (χ1) is 5.84. The van der Waals surface area contributed by atoms with Gasteiger partial charge in [-0.25, -0.2) is 0 Å². The van der Waals surface area contributed by atoms with Crippen LogP contribution in [0.4, 0.5) is 0 Å². The monoisotopic (exact) mass is 167 g/mol. The molecule has 0 spiro atoms. The van der Waals surface area contributed by atoms with Crippen molar-refractivity contribution < 1.29 is 9.32 Å². The summed E-state index contributed by atoms with van der Waals surface area (Å²) in [5.41, 5.74) is 0. The second-order valence-electron chi connectivity index (χ2n) is 2.76. The van der Waals surface area contributed by atoms with Crippen molar-refractivity contribution in [1.82, 2.24) is 5.16 Å². The maximum atomic E-state index is 11.2. The normalized spacial score (nSPS) is 10.1. The van der Waals surface area contributed by atoms with E-state index in [1.54, 1.807) is 6.07 Å². The van der Waals surface area contributed by atoms with E-state index < -0.39 is 0 Å². The summed E-state index contributed by atoms with van der Waals surface area (Å²) in [4.78, 5) is 11.2. The zero-order chi connectivity index (χ0) is 8.81. The number of aromatic nitrogens is 1. The molecule has 0 atom stereocenters. The van der Waals surface area contributed by atoms with E-state index >= 15 is 0 Å². The first-order valence-electron chi connectivity index (χ1n) is 4.28. The fourth-order valence-electron chi connectivity index (χ4n) is 1.02. The van der Waals surface area contributed by atoms with E-state index in [9.17, 15) is 4.79 Å². The number of carbonyl (C=O) groups excluding carboxylic acids is 1.